The van der Waals surface area contributed by atoms with Gasteiger partial charge in [0.1, 0.15) is 0 Å². The molecule has 0 bridgehead atoms. The van der Waals surface area contributed by atoms with Gasteiger partial charge in [0.05, 0.1) is 6.04 Å². The highest BCUT2D eigenvalue weighted by Gasteiger charge is 2.24. The minimum absolute atomic E-state index is 0. The fourth-order valence-corrected chi connectivity index (χ4v) is 2.77. The number of halogens is 1. The number of piperidine rings is 1. The summed E-state index contributed by atoms with van der Waals surface area (Å²) < 4.78 is 0. The molecular formula is C9H18ClN3OS. The van der Waals surface area contributed by atoms with Gasteiger partial charge in [0.15, 0.2) is 0 Å². The molecule has 88 valence electrons. The van der Waals surface area contributed by atoms with Gasteiger partial charge < -0.3 is 10.6 Å². The quantitative estimate of drug-likeness (QED) is 0.644. The summed E-state index contributed by atoms with van der Waals surface area (Å²) in [6, 6.07) is 0.422. The largest absolute Gasteiger partial charge is 0.352 e. The average Bonchev–Trinajstić information content (AvgIpc) is 2.72. The highest BCUT2D eigenvalue weighted by atomic mass is 35.5. The molecule has 0 aromatic heterocycles. The average molecular weight is 252 g/mol. The molecule has 2 rings (SSSR count). The highest BCUT2D eigenvalue weighted by molar-refractivity contribution is 7.99. The van der Waals surface area contributed by atoms with Crippen molar-refractivity contribution in [1.29, 1.82) is 0 Å². The standard InChI is InChI=1S/C9H17N3OS.ClH/c13-9(8-5-14-6-11-8)12-7-1-3-10-4-2-7;/h7-8,10-11H,1-6H2,(H,12,13);1H. The molecule has 2 heterocycles. The third-order valence-electron chi connectivity index (χ3n) is 2.72. The van der Waals surface area contributed by atoms with E-state index in [2.05, 4.69) is 16.0 Å². The zero-order valence-electron chi connectivity index (χ0n) is 8.62. The summed E-state index contributed by atoms with van der Waals surface area (Å²) in [4.78, 5) is 11.7. The Morgan fingerprint density at radius 3 is 2.67 bits per heavy atom. The molecular weight excluding hydrogens is 234 g/mol. The molecule has 3 N–H and O–H groups in total. The molecule has 1 amide bonds. The smallest absolute Gasteiger partial charge is 0.238 e. The Labute approximate surface area is 101 Å². The van der Waals surface area contributed by atoms with E-state index >= 15 is 0 Å². The Kier molecular flexibility index (Phi) is 5.74. The van der Waals surface area contributed by atoms with Gasteiger partial charge in [-0.05, 0) is 25.9 Å². The molecule has 0 saturated carbocycles. The summed E-state index contributed by atoms with van der Waals surface area (Å²) in [7, 11) is 0. The molecule has 2 aliphatic heterocycles. The van der Waals surface area contributed by atoms with E-state index in [0.717, 1.165) is 37.6 Å². The lowest BCUT2D eigenvalue weighted by molar-refractivity contribution is -0.123. The van der Waals surface area contributed by atoms with Gasteiger partial charge in [-0.2, -0.15) is 0 Å². The maximum Gasteiger partial charge on any atom is 0.238 e. The monoisotopic (exact) mass is 251 g/mol. The van der Waals surface area contributed by atoms with Crippen LogP contribution in [0.3, 0.4) is 0 Å². The topological polar surface area (TPSA) is 53.2 Å². The second-order valence-electron chi connectivity index (χ2n) is 3.80. The molecule has 2 fully saturated rings. The summed E-state index contributed by atoms with van der Waals surface area (Å²) in [5.74, 6) is 2.00. The van der Waals surface area contributed by atoms with Gasteiger partial charge in [0, 0.05) is 17.7 Å². The minimum atomic E-state index is 0. The third-order valence-corrected chi connectivity index (χ3v) is 3.66. The van der Waals surface area contributed by atoms with Crippen molar-refractivity contribution in [3.8, 4) is 0 Å². The minimum Gasteiger partial charge on any atom is -0.352 e. The van der Waals surface area contributed by atoms with E-state index in [4.69, 9.17) is 0 Å². The first kappa shape index (κ1) is 13.1. The molecule has 1 atom stereocenters. The van der Waals surface area contributed by atoms with E-state index < -0.39 is 0 Å². The van der Waals surface area contributed by atoms with E-state index in [-0.39, 0.29) is 24.4 Å². The van der Waals surface area contributed by atoms with Crippen LogP contribution in [0.5, 0.6) is 0 Å². The molecule has 0 radical (unpaired) electrons. The fraction of sp³-hybridized carbons (Fsp3) is 0.889. The van der Waals surface area contributed by atoms with Crippen LogP contribution >= 0.6 is 24.2 Å². The maximum atomic E-state index is 11.7. The number of rotatable bonds is 2. The SMILES string of the molecule is Cl.O=C(NC1CCNCC1)C1CSCN1. The molecule has 15 heavy (non-hydrogen) atoms. The number of carbonyl (C=O) groups excluding carboxylic acids is 1. The summed E-state index contributed by atoms with van der Waals surface area (Å²) in [6.45, 7) is 2.05. The van der Waals surface area contributed by atoms with E-state index in [9.17, 15) is 4.79 Å². The second kappa shape index (κ2) is 6.58. The Morgan fingerprint density at radius 1 is 1.33 bits per heavy atom. The predicted molar refractivity (Wildman–Crippen MR) is 65.5 cm³/mol. The van der Waals surface area contributed by atoms with Crippen LogP contribution in [0, 0.1) is 0 Å². The van der Waals surface area contributed by atoms with E-state index in [1.807, 2.05) is 0 Å². The van der Waals surface area contributed by atoms with Crippen molar-refractivity contribution < 1.29 is 4.79 Å². The molecule has 1 unspecified atom stereocenters. The van der Waals surface area contributed by atoms with Crippen molar-refractivity contribution in [2.45, 2.75) is 24.9 Å². The van der Waals surface area contributed by atoms with Crippen LogP contribution in [0.4, 0.5) is 0 Å². The Bertz CT molecular complexity index is 206. The summed E-state index contributed by atoms with van der Waals surface area (Å²) in [6.07, 6.45) is 2.12. The molecule has 0 aromatic rings. The number of carbonyl (C=O) groups is 1. The van der Waals surface area contributed by atoms with Gasteiger partial charge in [0.2, 0.25) is 5.91 Å². The zero-order chi connectivity index (χ0) is 9.80. The zero-order valence-corrected chi connectivity index (χ0v) is 10.3. The molecule has 4 nitrogen and oxygen atoms in total. The van der Waals surface area contributed by atoms with Crippen molar-refractivity contribution in [3.63, 3.8) is 0 Å². The van der Waals surface area contributed by atoms with E-state index in [1.54, 1.807) is 11.8 Å². The summed E-state index contributed by atoms with van der Waals surface area (Å²) in [5.41, 5.74) is 0. The molecule has 0 aromatic carbocycles. The molecule has 2 saturated heterocycles. The summed E-state index contributed by atoms with van der Waals surface area (Å²) in [5, 5.41) is 9.57. The van der Waals surface area contributed by atoms with Crippen molar-refractivity contribution in [2.75, 3.05) is 24.7 Å². The number of thioether (sulfide) groups is 1. The van der Waals surface area contributed by atoms with Gasteiger partial charge in [-0.15, -0.1) is 24.2 Å². The first-order valence-corrected chi connectivity index (χ1v) is 6.34. The van der Waals surface area contributed by atoms with E-state index in [1.165, 1.54) is 0 Å². The highest BCUT2D eigenvalue weighted by Crippen LogP contribution is 2.10. The number of hydrogen-bond acceptors (Lipinski definition) is 4. The fourth-order valence-electron chi connectivity index (χ4n) is 1.83. The molecule has 6 heteroatoms. The molecule has 0 spiro atoms. The Balaban J connectivity index is 0.00000112. The predicted octanol–water partition coefficient (Wildman–Crippen LogP) is -0.0611. The first-order valence-electron chi connectivity index (χ1n) is 5.18. The van der Waals surface area contributed by atoms with Crippen molar-refractivity contribution in [3.05, 3.63) is 0 Å². The van der Waals surface area contributed by atoms with E-state index in [0.29, 0.717) is 6.04 Å². The lowest BCUT2D eigenvalue weighted by Crippen LogP contribution is -2.49. The van der Waals surface area contributed by atoms with Crippen molar-refractivity contribution >= 4 is 30.1 Å². The Hall–Kier alpha value is 0.0300. The maximum absolute atomic E-state index is 11.7. The van der Waals surface area contributed by atoms with Crippen molar-refractivity contribution in [1.82, 2.24) is 16.0 Å². The van der Waals surface area contributed by atoms with Gasteiger partial charge in [-0.25, -0.2) is 0 Å². The Morgan fingerprint density at radius 2 is 2.07 bits per heavy atom. The third kappa shape index (κ3) is 3.83. The van der Waals surface area contributed by atoms with Gasteiger partial charge in [-0.3, -0.25) is 10.1 Å². The number of amides is 1. The lowest BCUT2D eigenvalue weighted by Gasteiger charge is -2.24. The van der Waals surface area contributed by atoms with Gasteiger partial charge in [-0.1, -0.05) is 0 Å². The van der Waals surface area contributed by atoms with Crippen LogP contribution in [-0.2, 0) is 4.79 Å². The molecule has 2 aliphatic rings. The van der Waals surface area contributed by atoms with Crippen LogP contribution in [0.2, 0.25) is 0 Å². The summed E-state index contributed by atoms with van der Waals surface area (Å²) >= 11 is 1.79. The van der Waals surface area contributed by atoms with Crippen molar-refractivity contribution in [2.24, 2.45) is 0 Å². The van der Waals surface area contributed by atoms with Crippen LogP contribution in [0.15, 0.2) is 0 Å². The second-order valence-corrected chi connectivity index (χ2v) is 4.83. The number of hydrogen-bond donors (Lipinski definition) is 3. The van der Waals surface area contributed by atoms with Crippen LogP contribution in [0.25, 0.3) is 0 Å². The van der Waals surface area contributed by atoms with Gasteiger partial charge >= 0.3 is 0 Å². The number of nitrogens with one attached hydrogen (secondary N) is 3. The molecule has 0 aliphatic carbocycles. The van der Waals surface area contributed by atoms with Crippen LogP contribution in [0.1, 0.15) is 12.8 Å². The lowest BCUT2D eigenvalue weighted by atomic mass is 10.1. The first-order chi connectivity index (χ1) is 6.86. The van der Waals surface area contributed by atoms with Crippen LogP contribution < -0.4 is 16.0 Å². The normalized spacial score (nSPS) is 27.1. The van der Waals surface area contributed by atoms with Crippen LogP contribution in [-0.4, -0.2) is 42.7 Å². The van der Waals surface area contributed by atoms with Gasteiger partial charge in [0.25, 0.3) is 0 Å².